The minimum absolute atomic E-state index is 0.00712. The Kier molecular flexibility index (Phi) is 4.66. The highest BCUT2D eigenvalue weighted by atomic mass is 16.3. The zero-order chi connectivity index (χ0) is 16.4. The van der Waals surface area contributed by atoms with E-state index >= 15 is 0 Å². The van der Waals surface area contributed by atoms with E-state index in [4.69, 9.17) is 0 Å². The molecule has 1 aromatic carbocycles. The van der Waals surface area contributed by atoms with E-state index in [0.29, 0.717) is 19.6 Å². The molecule has 23 heavy (non-hydrogen) atoms. The lowest BCUT2D eigenvalue weighted by molar-refractivity contribution is -0.142. The van der Waals surface area contributed by atoms with Crippen LogP contribution in [0.4, 0.5) is 0 Å². The van der Waals surface area contributed by atoms with E-state index < -0.39 is 6.10 Å². The zero-order valence-corrected chi connectivity index (χ0v) is 13.5. The first-order valence-electron chi connectivity index (χ1n) is 8.34. The van der Waals surface area contributed by atoms with Crippen molar-refractivity contribution in [3.8, 4) is 0 Å². The number of nitrogens with zero attached hydrogens (tertiary/aromatic N) is 2. The molecule has 0 unspecified atom stereocenters. The highest BCUT2D eigenvalue weighted by Gasteiger charge is 2.40. The Morgan fingerprint density at radius 1 is 1.22 bits per heavy atom. The number of aliphatic hydroxyl groups is 1. The molecule has 2 fully saturated rings. The number of amides is 2. The third kappa shape index (κ3) is 3.39. The quantitative estimate of drug-likeness (QED) is 0.907. The summed E-state index contributed by atoms with van der Waals surface area (Å²) in [4.78, 5) is 27.8. The predicted octanol–water partition coefficient (Wildman–Crippen LogP) is 1.06. The Labute approximate surface area is 136 Å². The van der Waals surface area contributed by atoms with Gasteiger partial charge in [-0.1, -0.05) is 30.3 Å². The van der Waals surface area contributed by atoms with Crippen LogP contribution in [-0.4, -0.2) is 58.5 Å². The molecular weight excluding hydrogens is 292 g/mol. The van der Waals surface area contributed by atoms with Crippen LogP contribution in [0.3, 0.4) is 0 Å². The van der Waals surface area contributed by atoms with Gasteiger partial charge < -0.3 is 14.9 Å². The Morgan fingerprint density at radius 3 is 2.65 bits per heavy atom. The van der Waals surface area contributed by atoms with Gasteiger partial charge in [0.15, 0.2) is 0 Å². The van der Waals surface area contributed by atoms with Gasteiger partial charge in [0.1, 0.15) is 6.04 Å². The van der Waals surface area contributed by atoms with E-state index in [9.17, 15) is 14.7 Å². The highest BCUT2D eigenvalue weighted by Crippen LogP contribution is 2.26. The average Bonchev–Trinajstić information content (AvgIpc) is 3.15. The first-order chi connectivity index (χ1) is 11.1. The summed E-state index contributed by atoms with van der Waals surface area (Å²) in [6.07, 6.45) is 1.88. The van der Waals surface area contributed by atoms with Gasteiger partial charge in [0.2, 0.25) is 11.8 Å². The summed E-state index contributed by atoms with van der Waals surface area (Å²) in [6.45, 7) is 3.12. The molecule has 2 amide bonds. The molecule has 0 bridgehead atoms. The second kappa shape index (κ2) is 6.71. The van der Waals surface area contributed by atoms with Crippen molar-refractivity contribution < 1.29 is 14.7 Å². The van der Waals surface area contributed by atoms with Gasteiger partial charge in [0.05, 0.1) is 6.10 Å². The molecule has 5 nitrogen and oxygen atoms in total. The Bertz CT molecular complexity index is 575. The zero-order valence-electron chi connectivity index (χ0n) is 13.5. The molecule has 0 aromatic heterocycles. The van der Waals surface area contributed by atoms with Crippen molar-refractivity contribution in [2.75, 3.05) is 19.6 Å². The van der Waals surface area contributed by atoms with Crippen LogP contribution < -0.4 is 0 Å². The lowest BCUT2D eigenvalue weighted by Gasteiger charge is -2.27. The monoisotopic (exact) mass is 316 g/mol. The molecule has 1 N–H and O–H groups in total. The Hall–Kier alpha value is -1.88. The molecule has 0 radical (unpaired) electrons. The summed E-state index contributed by atoms with van der Waals surface area (Å²) >= 11 is 0. The van der Waals surface area contributed by atoms with Gasteiger partial charge in [-0.25, -0.2) is 0 Å². The van der Waals surface area contributed by atoms with Crippen LogP contribution in [0.5, 0.6) is 0 Å². The first-order valence-corrected chi connectivity index (χ1v) is 8.34. The summed E-state index contributed by atoms with van der Waals surface area (Å²) in [5.41, 5.74) is 1.18. The van der Waals surface area contributed by atoms with Gasteiger partial charge >= 0.3 is 0 Å². The van der Waals surface area contributed by atoms with Crippen LogP contribution in [0.1, 0.15) is 25.3 Å². The highest BCUT2D eigenvalue weighted by molar-refractivity contribution is 5.87. The van der Waals surface area contributed by atoms with Gasteiger partial charge in [0.25, 0.3) is 0 Å². The molecular formula is C18H24N2O3. The van der Waals surface area contributed by atoms with Crippen LogP contribution in [0.15, 0.2) is 30.3 Å². The summed E-state index contributed by atoms with van der Waals surface area (Å²) in [5, 5.41) is 10.3. The second-order valence-electron chi connectivity index (χ2n) is 6.63. The lowest BCUT2D eigenvalue weighted by atomic mass is 9.97. The van der Waals surface area contributed by atoms with E-state index in [2.05, 4.69) is 0 Å². The normalized spacial score (nSPS) is 27.5. The molecule has 3 rings (SSSR count). The Balaban J connectivity index is 1.64. The number of hydrogen-bond donors (Lipinski definition) is 1. The van der Waals surface area contributed by atoms with Crippen LogP contribution in [0.2, 0.25) is 0 Å². The van der Waals surface area contributed by atoms with Gasteiger partial charge in [-0.15, -0.1) is 0 Å². The SMILES string of the molecule is CC(=O)N1CCC[C@H]1C(=O)N1C[C@@H](Cc2ccccc2)[C@H](O)C1. The molecule has 2 heterocycles. The molecule has 124 valence electrons. The molecule has 5 heteroatoms. The maximum absolute atomic E-state index is 12.7. The minimum Gasteiger partial charge on any atom is -0.391 e. The number of benzene rings is 1. The van der Waals surface area contributed by atoms with Gasteiger partial charge in [-0.2, -0.15) is 0 Å². The van der Waals surface area contributed by atoms with Crippen molar-refractivity contribution in [2.45, 2.75) is 38.3 Å². The molecule has 1 aromatic rings. The summed E-state index contributed by atoms with van der Waals surface area (Å²) in [7, 11) is 0. The minimum atomic E-state index is -0.494. The average molecular weight is 316 g/mol. The van der Waals surface area contributed by atoms with Crippen LogP contribution in [-0.2, 0) is 16.0 Å². The third-order valence-electron chi connectivity index (χ3n) is 5.00. The van der Waals surface area contributed by atoms with Crippen molar-refractivity contribution in [1.82, 2.24) is 9.80 Å². The maximum Gasteiger partial charge on any atom is 0.245 e. The van der Waals surface area contributed by atoms with Gasteiger partial charge in [0, 0.05) is 32.5 Å². The third-order valence-corrected chi connectivity index (χ3v) is 5.00. The molecule has 0 spiro atoms. The van der Waals surface area contributed by atoms with Crippen molar-refractivity contribution in [1.29, 1.82) is 0 Å². The molecule has 2 saturated heterocycles. The second-order valence-corrected chi connectivity index (χ2v) is 6.63. The maximum atomic E-state index is 12.7. The van der Waals surface area contributed by atoms with E-state index in [1.165, 1.54) is 12.5 Å². The lowest BCUT2D eigenvalue weighted by Crippen LogP contribution is -2.46. The molecule has 2 aliphatic rings. The standard InChI is InChI=1S/C18H24N2O3/c1-13(21)20-9-5-8-16(20)18(23)19-11-15(17(22)12-19)10-14-6-3-2-4-7-14/h2-4,6-7,15-17,22H,5,8-12H2,1H3/t15-,16+,17-/m1/s1. The number of rotatable bonds is 3. The van der Waals surface area contributed by atoms with Crippen molar-refractivity contribution in [3.63, 3.8) is 0 Å². The number of hydrogen-bond acceptors (Lipinski definition) is 3. The van der Waals surface area contributed by atoms with Crippen LogP contribution >= 0.6 is 0 Å². The van der Waals surface area contributed by atoms with Crippen molar-refractivity contribution in [2.24, 2.45) is 5.92 Å². The molecule has 0 aliphatic carbocycles. The smallest absolute Gasteiger partial charge is 0.245 e. The molecule has 0 saturated carbocycles. The van der Waals surface area contributed by atoms with E-state index in [-0.39, 0.29) is 23.8 Å². The number of aliphatic hydroxyl groups excluding tert-OH is 1. The topological polar surface area (TPSA) is 60.9 Å². The largest absolute Gasteiger partial charge is 0.391 e. The number of β-amino-alcohol motifs (C(OH)–C–C–N with tert-alkyl or cyclic N) is 1. The predicted molar refractivity (Wildman–Crippen MR) is 86.6 cm³/mol. The van der Waals surface area contributed by atoms with Crippen molar-refractivity contribution in [3.05, 3.63) is 35.9 Å². The van der Waals surface area contributed by atoms with Crippen LogP contribution in [0, 0.1) is 5.92 Å². The molecule has 2 aliphatic heterocycles. The summed E-state index contributed by atoms with van der Waals surface area (Å²) in [6, 6.07) is 9.71. The number of likely N-dealkylation sites (tertiary alicyclic amines) is 2. The fourth-order valence-electron chi connectivity index (χ4n) is 3.76. The first kappa shape index (κ1) is 16.0. The van der Waals surface area contributed by atoms with E-state index in [0.717, 1.165) is 19.3 Å². The number of carbonyl (C=O) groups is 2. The Morgan fingerprint density at radius 2 is 1.96 bits per heavy atom. The van der Waals surface area contributed by atoms with Gasteiger partial charge in [-0.3, -0.25) is 9.59 Å². The van der Waals surface area contributed by atoms with E-state index in [1.807, 2.05) is 30.3 Å². The summed E-state index contributed by atoms with van der Waals surface area (Å²) < 4.78 is 0. The van der Waals surface area contributed by atoms with E-state index in [1.54, 1.807) is 9.80 Å². The fourth-order valence-corrected chi connectivity index (χ4v) is 3.76. The van der Waals surface area contributed by atoms with Crippen molar-refractivity contribution >= 4 is 11.8 Å². The van der Waals surface area contributed by atoms with Gasteiger partial charge in [-0.05, 0) is 24.8 Å². The van der Waals surface area contributed by atoms with Crippen LogP contribution in [0.25, 0.3) is 0 Å². The fraction of sp³-hybridized carbons (Fsp3) is 0.556. The molecule has 3 atom stereocenters. The summed E-state index contributed by atoms with van der Waals surface area (Å²) in [5.74, 6) is 0.0160. The number of carbonyl (C=O) groups excluding carboxylic acids is 2.